The molecule has 5 N–H and O–H groups in total. The van der Waals surface area contributed by atoms with Crippen LogP contribution in [0.2, 0.25) is 0 Å². The van der Waals surface area contributed by atoms with Crippen LogP contribution in [0.3, 0.4) is 0 Å². The summed E-state index contributed by atoms with van der Waals surface area (Å²) in [5, 5.41) is 23.1. The van der Waals surface area contributed by atoms with Crippen molar-refractivity contribution in [2.75, 3.05) is 11.9 Å². The molecule has 2 aromatic heterocycles. The number of carbonyl (C=O) groups excluding carboxylic acids is 1. The summed E-state index contributed by atoms with van der Waals surface area (Å²) in [7, 11) is 0. The van der Waals surface area contributed by atoms with Crippen molar-refractivity contribution in [1.29, 1.82) is 0 Å². The van der Waals surface area contributed by atoms with Gasteiger partial charge >= 0.3 is 0 Å². The summed E-state index contributed by atoms with van der Waals surface area (Å²) in [6.07, 6.45) is 0.189. The molecule has 0 saturated carbocycles. The fourth-order valence-electron chi connectivity index (χ4n) is 3.11. The predicted molar refractivity (Wildman–Crippen MR) is 127 cm³/mol. The van der Waals surface area contributed by atoms with E-state index in [1.165, 1.54) is 11.3 Å². The van der Waals surface area contributed by atoms with Crippen LogP contribution in [0.25, 0.3) is 10.4 Å². The number of ether oxygens (including phenoxy) is 1. The molecule has 0 spiro atoms. The molecule has 1 amide bonds. The van der Waals surface area contributed by atoms with Gasteiger partial charge in [0.05, 0.1) is 36.2 Å². The average molecular weight is 456 g/mol. The number of amides is 1. The third-order valence-corrected chi connectivity index (χ3v) is 5.62. The zero-order valence-corrected chi connectivity index (χ0v) is 19.3. The van der Waals surface area contributed by atoms with Crippen molar-refractivity contribution in [3.8, 4) is 10.4 Å². The highest BCUT2D eigenvalue weighted by Crippen LogP contribution is 2.37. The number of nitrogens with zero attached hydrogens (tertiary/aromatic N) is 1. The summed E-state index contributed by atoms with van der Waals surface area (Å²) in [6.45, 7) is 5.57. The van der Waals surface area contributed by atoms with Crippen LogP contribution < -0.4 is 11.1 Å². The van der Waals surface area contributed by atoms with Crippen molar-refractivity contribution in [2.45, 2.75) is 45.5 Å². The smallest absolute Gasteiger partial charge is 0.251 e. The van der Waals surface area contributed by atoms with E-state index in [4.69, 9.17) is 10.5 Å². The third-order valence-electron chi connectivity index (χ3n) is 4.52. The molecule has 0 aliphatic rings. The molecular formula is C24H29N3O4S. The number of anilines is 2. The first kappa shape index (κ1) is 23.9. The Bertz CT molecular complexity index is 1060. The summed E-state index contributed by atoms with van der Waals surface area (Å²) < 4.78 is 5.52. The fraction of sp³-hybridized carbons (Fsp3) is 0.333. The zero-order valence-electron chi connectivity index (χ0n) is 18.5. The van der Waals surface area contributed by atoms with Gasteiger partial charge in [0.25, 0.3) is 5.91 Å². The van der Waals surface area contributed by atoms with Crippen molar-refractivity contribution in [3.63, 3.8) is 0 Å². The summed E-state index contributed by atoms with van der Waals surface area (Å²) >= 11 is 1.42. The van der Waals surface area contributed by atoms with E-state index in [2.05, 4.69) is 10.3 Å². The van der Waals surface area contributed by atoms with Crippen molar-refractivity contribution in [2.24, 2.45) is 5.73 Å². The molecule has 2 heterocycles. The van der Waals surface area contributed by atoms with E-state index in [0.29, 0.717) is 28.5 Å². The Kier molecular flexibility index (Phi) is 7.63. The van der Waals surface area contributed by atoms with Crippen LogP contribution in [-0.4, -0.2) is 39.4 Å². The Morgan fingerprint density at radius 2 is 1.97 bits per heavy atom. The van der Waals surface area contributed by atoms with E-state index in [9.17, 15) is 15.0 Å². The molecule has 3 rings (SSSR count). The SMILES string of the molecule is CC(O)Cc1ccc(-c2cc(C(N)=O)c(Nc3cccc(COCC(C)(C)O)n3)s2)cc1. The Hall–Kier alpha value is -2.78. The zero-order chi connectivity index (χ0) is 23.3. The predicted octanol–water partition coefficient (Wildman–Crippen LogP) is 3.86. The largest absolute Gasteiger partial charge is 0.393 e. The van der Waals surface area contributed by atoms with Gasteiger partial charge in [-0.05, 0) is 56.5 Å². The van der Waals surface area contributed by atoms with Gasteiger partial charge < -0.3 is 26.0 Å². The Labute approximate surface area is 191 Å². The molecule has 32 heavy (non-hydrogen) atoms. The Morgan fingerprint density at radius 1 is 1.25 bits per heavy atom. The molecule has 0 saturated heterocycles. The number of nitrogens with one attached hydrogen (secondary N) is 1. The lowest BCUT2D eigenvalue weighted by molar-refractivity contribution is -0.0276. The van der Waals surface area contributed by atoms with E-state index < -0.39 is 17.6 Å². The second kappa shape index (κ2) is 10.2. The first-order chi connectivity index (χ1) is 15.1. The number of carbonyl (C=O) groups is 1. The Balaban J connectivity index is 1.78. The van der Waals surface area contributed by atoms with E-state index in [-0.39, 0.29) is 13.2 Å². The highest BCUT2D eigenvalue weighted by Gasteiger charge is 2.16. The van der Waals surface area contributed by atoms with Crippen molar-refractivity contribution >= 4 is 28.1 Å². The normalized spacial score (nSPS) is 12.5. The highest BCUT2D eigenvalue weighted by atomic mass is 32.1. The minimum atomic E-state index is -0.909. The first-order valence-electron chi connectivity index (χ1n) is 10.3. The minimum absolute atomic E-state index is 0.197. The van der Waals surface area contributed by atoms with E-state index >= 15 is 0 Å². The van der Waals surface area contributed by atoms with Gasteiger partial charge in [0, 0.05) is 4.88 Å². The second-order valence-electron chi connectivity index (χ2n) is 8.41. The molecule has 1 unspecified atom stereocenters. The van der Waals surface area contributed by atoms with Crippen LogP contribution in [0.15, 0.2) is 48.5 Å². The lowest BCUT2D eigenvalue weighted by atomic mass is 10.1. The molecule has 1 aromatic carbocycles. The van der Waals surface area contributed by atoms with Crippen LogP contribution in [0.1, 0.15) is 42.4 Å². The lowest BCUT2D eigenvalue weighted by Crippen LogP contribution is -2.25. The maximum absolute atomic E-state index is 12.0. The van der Waals surface area contributed by atoms with Crippen LogP contribution in [0, 0.1) is 0 Å². The van der Waals surface area contributed by atoms with Gasteiger partial charge in [-0.3, -0.25) is 4.79 Å². The van der Waals surface area contributed by atoms with Crippen LogP contribution in [-0.2, 0) is 17.8 Å². The Morgan fingerprint density at radius 3 is 2.59 bits per heavy atom. The van der Waals surface area contributed by atoms with Gasteiger partial charge in [0.2, 0.25) is 0 Å². The number of pyridine rings is 1. The molecule has 1 atom stereocenters. The van der Waals surface area contributed by atoms with Gasteiger partial charge in [0.1, 0.15) is 10.8 Å². The van der Waals surface area contributed by atoms with Crippen molar-refractivity contribution in [1.82, 2.24) is 4.98 Å². The molecular weight excluding hydrogens is 426 g/mol. The maximum atomic E-state index is 12.0. The number of aliphatic hydroxyl groups excluding tert-OH is 1. The topological polar surface area (TPSA) is 118 Å². The molecule has 7 nitrogen and oxygen atoms in total. The van der Waals surface area contributed by atoms with E-state index in [1.807, 2.05) is 36.4 Å². The quantitative estimate of drug-likeness (QED) is 0.369. The number of benzene rings is 1. The molecule has 3 aromatic rings. The van der Waals surface area contributed by atoms with Crippen LogP contribution in [0.5, 0.6) is 0 Å². The molecule has 8 heteroatoms. The van der Waals surface area contributed by atoms with Crippen LogP contribution in [0.4, 0.5) is 10.8 Å². The number of aromatic nitrogens is 1. The summed E-state index contributed by atoms with van der Waals surface area (Å²) in [5.41, 5.74) is 7.80. The third kappa shape index (κ3) is 6.86. The molecule has 0 bridgehead atoms. The van der Waals surface area contributed by atoms with Gasteiger partial charge in [-0.1, -0.05) is 30.3 Å². The number of primary amides is 1. The number of rotatable bonds is 10. The summed E-state index contributed by atoms with van der Waals surface area (Å²) in [4.78, 5) is 17.5. The van der Waals surface area contributed by atoms with Crippen molar-refractivity contribution < 1.29 is 19.7 Å². The first-order valence-corrected chi connectivity index (χ1v) is 11.2. The van der Waals surface area contributed by atoms with Gasteiger partial charge in [0.15, 0.2) is 0 Å². The summed E-state index contributed by atoms with van der Waals surface area (Å²) in [5.74, 6) is 0.0444. The number of aliphatic hydroxyl groups is 2. The van der Waals surface area contributed by atoms with Gasteiger partial charge in [-0.2, -0.15) is 0 Å². The highest BCUT2D eigenvalue weighted by molar-refractivity contribution is 7.19. The average Bonchev–Trinajstić information content (AvgIpc) is 3.11. The van der Waals surface area contributed by atoms with E-state index in [0.717, 1.165) is 16.0 Å². The fourth-order valence-corrected chi connectivity index (χ4v) is 4.18. The summed E-state index contributed by atoms with van der Waals surface area (Å²) in [6, 6.07) is 15.1. The molecule has 170 valence electrons. The van der Waals surface area contributed by atoms with Gasteiger partial charge in [-0.15, -0.1) is 11.3 Å². The number of thiophene rings is 1. The molecule has 0 fully saturated rings. The minimum Gasteiger partial charge on any atom is -0.393 e. The van der Waals surface area contributed by atoms with E-state index in [1.54, 1.807) is 32.9 Å². The maximum Gasteiger partial charge on any atom is 0.251 e. The molecule has 0 aliphatic heterocycles. The number of hydrogen-bond acceptors (Lipinski definition) is 7. The molecule has 0 aliphatic carbocycles. The van der Waals surface area contributed by atoms with Gasteiger partial charge in [-0.25, -0.2) is 4.98 Å². The molecule has 0 radical (unpaired) electrons. The number of nitrogens with two attached hydrogens (primary N) is 1. The lowest BCUT2D eigenvalue weighted by Gasteiger charge is -2.16. The van der Waals surface area contributed by atoms with Crippen LogP contribution >= 0.6 is 11.3 Å². The second-order valence-corrected chi connectivity index (χ2v) is 9.46. The monoisotopic (exact) mass is 455 g/mol. The standard InChI is InChI=1S/C24H29N3O4S/c1-15(28)11-16-7-9-17(10-8-16)20-12-19(22(25)29)23(32-20)27-21-6-4-5-18(26-21)13-31-14-24(2,3)30/h4-10,12,15,28,30H,11,13-14H2,1-3H3,(H2,25,29)(H,26,27). The number of hydrogen-bond donors (Lipinski definition) is 4. The van der Waals surface area contributed by atoms with Crippen molar-refractivity contribution in [3.05, 3.63) is 65.4 Å².